The first-order valence-corrected chi connectivity index (χ1v) is 3.55. The summed E-state index contributed by atoms with van der Waals surface area (Å²) in [6.07, 6.45) is 0. The van der Waals surface area contributed by atoms with Gasteiger partial charge in [0.05, 0.1) is 17.0 Å². The van der Waals surface area contributed by atoms with Gasteiger partial charge in [-0.2, -0.15) is 0 Å². The van der Waals surface area contributed by atoms with Gasteiger partial charge in [0.2, 0.25) is 0 Å². The molecule has 0 fully saturated rings. The number of aromatic nitrogens is 1. The number of carboxylic acid groups (broad SMARTS) is 1. The van der Waals surface area contributed by atoms with E-state index in [0.717, 1.165) is 0 Å². The molecule has 0 bridgehead atoms. The molecule has 1 heterocycles. The second kappa shape index (κ2) is 4.79. The molecule has 0 saturated carbocycles. The molecular formula is C8H11ClN2O2. The lowest BCUT2D eigenvalue weighted by Gasteiger charge is -2.01. The van der Waals surface area contributed by atoms with Crippen molar-refractivity contribution < 1.29 is 9.90 Å². The van der Waals surface area contributed by atoms with Gasteiger partial charge in [-0.1, -0.05) is 0 Å². The Bertz CT molecular complexity index is 315. The fourth-order valence-corrected chi connectivity index (χ4v) is 0.953. The average Bonchev–Trinajstić information content (AvgIpc) is 2.03. The summed E-state index contributed by atoms with van der Waals surface area (Å²) in [5.74, 6) is -0.955. The summed E-state index contributed by atoms with van der Waals surface area (Å²) >= 11 is 0. The monoisotopic (exact) mass is 202 g/mol. The Balaban J connectivity index is 0.00000144. The summed E-state index contributed by atoms with van der Waals surface area (Å²) in [4.78, 5) is 14.6. The summed E-state index contributed by atoms with van der Waals surface area (Å²) in [6, 6.07) is 3.14. The first-order valence-electron chi connectivity index (χ1n) is 3.55. The molecule has 0 unspecified atom stereocenters. The molecule has 0 saturated heterocycles. The van der Waals surface area contributed by atoms with Gasteiger partial charge in [-0.15, -0.1) is 12.4 Å². The van der Waals surface area contributed by atoms with E-state index in [1.807, 2.05) is 0 Å². The lowest BCUT2D eigenvalue weighted by molar-refractivity contribution is 0.0695. The van der Waals surface area contributed by atoms with Crippen molar-refractivity contribution in [2.45, 2.75) is 13.5 Å². The second-order valence-corrected chi connectivity index (χ2v) is 2.44. The van der Waals surface area contributed by atoms with Crippen LogP contribution in [0.15, 0.2) is 12.1 Å². The van der Waals surface area contributed by atoms with E-state index in [1.54, 1.807) is 13.0 Å². The summed E-state index contributed by atoms with van der Waals surface area (Å²) in [5, 5.41) is 8.66. The zero-order valence-electron chi connectivity index (χ0n) is 7.15. The minimum atomic E-state index is -0.955. The van der Waals surface area contributed by atoms with Crippen molar-refractivity contribution in [2.75, 3.05) is 0 Å². The van der Waals surface area contributed by atoms with E-state index in [4.69, 9.17) is 10.8 Å². The van der Waals surface area contributed by atoms with E-state index in [-0.39, 0.29) is 18.0 Å². The Morgan fingerprint density at radius 3 is 2.62 bits per heavy atom. The predicted molar refractivity (Wildman–Crippen MR) is 51.1 cm³/mol. The molecule has 1 aromatic rings. The van der Waals surface area contributed by atoms with Gasteiger partial charge in [0.25, 0.3) is 0 Å². The second-order valence-electron chi connectivity index (χ2n) is 2.44. The minimum Gasteiger partial charge on any atom is -0.478 e. The van der Waals surface area contributed by atoms with Crippen molar-refractivity contribution >= 4 is 18.4 Å². The number of halogens is 1. The SMILES string of the molecule is Cc1nc(CN)ccc1C(=O)O.Cl. The van der Waals surface area contributed by atoms with E-state index in [0.29, 0.717) is 17.9 Å². The molecule has 0 radical (unpaired) electrons. The van der Waals surface area contributed by atoms with Gasteiger partial charge in [0.1, 0.15) is 0 Å². The lowest BCUT2D eigenvalue weighted by Crippen LogP contribution is -2.06. The third-order valence-electron chi connectivity index (χ3n) is 1.58. The number of pyridine rings is 1. The number of carboxylic acids is 1. The maximum atomic E-state index is 10.6. The van der Waals surface area contributed by atoms with Gasteiger partial charge in [-0.25, -0.2) is 4.79 Å². The molecule has 3 N–H and O–H groups in total. The van der Waals surface area contributed by atoms with E-state index in [1.165, 1.54) is 6.07 Å². The van der Waals surface area contributed by atoms with E-state index < -0.39 is 5.97 Å². The van der Waals surface area contributed by atoms with Crippen LogP contribution < -0.4 is 5.73 Å². The van der Waals surface area contributed by atoms with Crippen LogP contribution in [0.5, 0.6) is 0 Å². The first kappa shape index (κ1) is 11.9. The number of nitrogens with two attached hydrogens (primary N) is 1. The number of hydrogen-bond donors (Lipinski definition) is 2. The van der Waals surface area contributed by atoms with Crippen LogP contribution in [0.2, 0.25) is 0 Å². The molecule has 0 amide bonds. The quantitative estimate of drug-likeness (QED) is 0.749. The topological polar surface area (TPSA) is 76.2 Å². The Morgan fingerprint density at radius 1 is 1.62 bits per heavy atom. The van der Waals surface area contributed by atoms with Crippen molar-refractivity contribution in [1.82, 2.24) is 4.98 Å². The van der Waals surface area contributed by atoms with Crippen molar-refractivity contribution in [1.29, 1.82) is 0 Å². The van der Waals surface area contributed by atoms with Crippen LogP contribution in [-0.2, 0) is 6.54 Å². The third kappa shape index (κ3) is 2.68. The number of nitrogens with zero attached hydrogens (tertiary/aromatic N) is 1. The molecule has 1 aromatic heterocycles. The Hall–Kier alpha value is -1.13. The molecule has 0 aliphatic carbocycles. The summed E-state index contributed by atoms with van der Waals surface area (Å²) in [6.45, 7) is 1.99. The predicted octanol–water partition coefficient (Wildman–Crippen LogP) is 0.969. The largest absolute Gasteiger partial charge is 0.478 e. The van der Waals surface area contributed by atoms with Crippen molar-refractivity contribution in [3.8, 4) is 0 Å². The number of rotatable bonds is 2. The highest BCUT2D eigenvalue weighted by Gasteiger charge is 2.07. The summed E-state index contributed by atoms with van der Waals surface area (Å²) in [5.41, 5.74) is 6.77. The fourth-order valence-electron chi connectivity index (χ4n) is 0.953. The highest BCUT2D eigenvalue weighted by atomic mass is 35.5. The Morgan fingerprint density at radius 2 is 2.23 bits per heavy atom. The molecule has 0 spiro atoms. The van der Waals surface area contributed by atoms with Gasteiger partial charge in [-0.05, 0) is 19.1 Å². The Kier molecular flexibility index (Phi) is 4.37. The molecule has 1 rings (SSSR count). The number of hydrogen-bond acceptors (Lipinski definition) is 3. The van der Waals surface area contributed by atoms with Gasteiger partial charge in [0, 0.05) is 6.54 Å². The molecule has 0 atom stereocenters. The van der Waals surface area contributed by atoms with Crippen LogP contribution in [0.25, 0.3) is 0 Å². The maximum absolute atomic E-state index is 10.6. The van der Waals surface area contributed by atoms with Gasteiger partial charge in [-0.3, -0.25) is 4.98 Å². The van der Waals surface area contributed by atoms with Crippen LogP contribution in [0.1, 0.15) is 21.7 Å². The third-order valence-corrected chi connectivity index (χ3v) is 1.58. The molecule has 13 heavy (non-hydrogen) atoms. The zero-order chi connectivity index (χ0) is 9.14. The summed E-state index contributed by atoms with van der Waals surface area (Å²) < 4.78 is 0. The lowest BCUT2D eigenvalue weighted by atomic mass is 10.2. The number of aryl methyl sites for hydroxylation is 1. The van der Waals surface area contributed by atoms with Crippen molar-refractivity contribution in [3.05, 3.63) is 29.1 Å². The highest BCUT2D eigenvalue weighted by molar-refractivity contribution is 5.88. The standard InChI is InChI=1S/C8H10N2O2.ClH/c1-5-7(8(11)12)3-2-6(4-9)10-5;/h2-3H,4,9H2,1H3,(H,11,12);1H. The Labute approximate surface area is 82.2 Å². The molecule has 5 heteroatoms. The molecule has 0 aromatic carbocycles. The number of aromatic carboxylic acids is 1. The van der Waals surface area contributed by atoms with Gasteiger partial charge in [0.15, 0.2) is 0 Å². The smallest absolute Gasteiger partial charge is 0.337 e. The molecule has 4 nitrogen and oxygen atoms in total. The summed E-state index contributed by atoms with van der Waals surface area (Å²) in [7, 11) is 0. The van der Waals surface area contributed by atoms with Crippen LogP contribution in [0.3, 0.4) is 0 Å². The van der Waals surface area contributed by atoms with E-state index in [9.17, 15) is 4.79 Å². The number of carbonyl (C=O) groups is 1. The van der Waals surface area contributed by atoms with E-state index in [2.05, 4.69) is 4.98 Å². The maximum Gasteiger partial charge on any atom is 0.337 e. The van der Waals surface area contributed by atoms with Crippen molar-refractivity contribution in [2.24, 2.45) is 5.73 Å². The van der Waals surface area contributed by atoms with Crippen LogP contribution in [-0.4, -0.2) is 16.1 Å². The molecule has 72 valence electrons. The average molecular weight is 203 g/mol. The van der Waals surface area contributed by atoms with Crippen LogP contribution >= 0.6 is 12.4 Å². The van der Waals surface area contributed by atoms with Crippen LogP contribution in [0, 0.1) is 6.92 Å². The zero-order valence-corrected chi connectivity index (χ0v) is 7.97. The van der Waals surface area contributed by atoms with E-state index >= 15 is 0 Å². The van der Waals surface area contributed by atoms with Crippen molar-refractivity contribution in [3.63, 3.8) is 0 Å². The van der Waals surface area contributed by atoms with Gasteiger partial charge < -0.3 is 10.8 Å². The molecular weight excluding hydrogens is 192 g/mol. The van der Waals surface area contributed by atoms with Crippen LogP contribution in [0.4, 0.5) is 0 Å². The molecule has 0 aliphatic rings. The first-order chi connectivity index (χ1) is 5.65. The van der Waals surface area contributed by atoms with Gasteiger partial charge >= 0.3 is 5.97 Å². The molecule has 0 aliphatic heterocycles. The normalized spacial score (nSPS) is 9.08. The minimum absolute atomic E-state index is 0. The fraction of sp³-hybridized carbons (Fsp3) is 0.250. The highest BCUT2D eigenvalue weighted by Crippen LogP contribution is 2.05.